The second kappa shape index (κ2) is 6.03. The molecule has 2 N–H and O–H groups in total. The van der Waals surface area contributed by atoms with Crippen LogP contribution in [0.4, 0.5) is 20.2 Å². The summed E-state index contributed by atoms with van der Waals surface area (Å²) in [6.45, 7) is 0. The molecule has 106 valence electrons. The molecule has 0 saturated heterocycles. The summed E-state index contributed by atoms with van der Waals surface area (Å²) in [6.07, 6.45) is 0. The lowest BCUT2D eigenvalue weighted by Crippen LogP contribution is -2.09. The van der Waals surface area contributed by atoms with E-state index in [1.54, 1.807) is 5.43 Å². The van der Waals surface area contributed by atoms with Crippen LogP contribution in [0, 0.1) is 44.4 Å². The number of anilines is 1. The summed E-state index contributed by atoms with van der Waals surface area (Å²) >= 11 is 0. The van der Waals surface area contributed by atoms with Crippen molar-refractivity contribution in [3.8, 4) is 12.1 Å². The normalized spacial score (nSPS) is 9.14. The van der Waals surface area contributed by atoms with Gasteiger partial charge in [0.1, 0.15) is 17.7 Å². The number of nitrogens with zero attached hydrogens (tertiary/aromatic N) is 4. The molecular formula is C10H3F2N5O4. The number of nitriles is 2. The van der Waals surface area contributed by atoms with Crippen LogP contribution in [0.25, 0.3) is 0 Å². The first-order valence-corrected chi connectivity index (χ1v) is 4.87. The lowest BCUT2D eigenvalue weighted by molar-refractivity contribution is -0.384. The number of aromatic carboxylic acids is 1. The summed E-state index contributed by atoms with van der Waals surface area (Å²) in [5.74, 6) is -5.62. The molecule has 0 heterocycles. The average Bonchev–Trinajstić information content (AvgIpc) is 2.43. The van der Waals surface area contributed by atoms with Crippen molar-refractivity contribution >= 4 is 23.1 Å². The van der Waals surface area contributed by atoms with E-state index in [0.717, 1.165) is 0 Å². The second-order valence-electron chi connectivity index (χ2n) is 3.30. The number of halogens is 2. The first-order chi connectivity index (χ1) is 9.83. The van der Waals surface area contributed by atoms with E-state index in [9.17, 15) is 23.7 Å². The average molecular weight is 295 g/mol. The van der Waals surface area contributed by atoms with Gasteiger partial charge in [0, 0.05) is 6.07 Å². The van der Waals surface area contributed by atoms with Gasteiger partial charge in [-0.15, -0.1) is 0 Å². The van der Waals surface area contributed by atoms with E-state index in [1.165, 1.54) is 12.1 Å². The molecule has 0 aromatic heterocycles. The molecule has 0 saturated carbocycles. The molecule has 0 amide bonds. The van der Waals surface area contributed by atoms with Crippen molar-refractivity contribution in [2.24, 2.45) is 5.10 Å². The SMILES string of the molecule is N#CC(C#N)=NNc1c([N+](=O)[O-])cc(C(=O)O)c(F)c1F. The molecular weight excluding hydrogens is 292 g/mol. The maximum Gasteiger partial charge on any atom is 0.339 e. The van der Waals surface area contributed by atoms with Crippen LogP contribution in [0.15, 0.2) is 11.2 Å². The minimum absolute atomic E-state index is 0.289. The molecule has 1 rings (SSSR count). The number of carbonyl (C=O) groups is 1. The number of hydrogen-bond donors (Lipinski definition) is 2. The zero-order valence-corrected chi connectivity index (χ0v) is 9.79. The Kier molecular flexibility index (Phi) is 4.44. The van der Waals surface area contributed by atoms with E-state index in [2.05, 4.69) is 5.10 Å². The summed E-state index contributed by atoms with van der Waals surface area (Å²) in [6, 6.07) is 2.85. The number of nitro benzene ring substituents is 1. The third kappa shape index (κ3) is 3.05. The molecule has 1 aromatic rings. The fourth-order valence-corrected chi connectivity index (χ4v) is 1.21. The van der Waals surface area contributed by atoms with Gasteiger partial charge in [-0.1, -0.05) is 0 Å². The fraction of sp³-hybridized carbons (Fsp3) is 0. The van der Waals surface area contributed by atoms with Crippen molar-refractivity contribution in [3.63, 3.8) is 0 Å². The predicted molar refractivity (Wildman–Crippen MR) is 62.3 cm³/mol. The van der Waals surface area contributed by atoms with E-state index in [0.29, 0.717) is 0 Å². The quantitative estimate of drug-likeness (QED) is 0.483. The number of hydrazone groups is 1. The van der Waals surface area contributed by atoms with E-state index in [1.807, 2.05) is 0 Å². The Morgan fingerprint density at radius 2 is 1.95 bits per heavy atom. The molecule has 0 radical (unpaired) electrons. The van der Waals surface area contributed by atoms with E-state index < -0.39 is 45.2 Å². The number of hydrogen-bond acceptors (Lipinski definition) is 7. The van der Waals surface area contributed by atoms with Gasteiger partial charge in [0.2, 0.25) is 5.71 Å². The first-order valence-electron chi connectivity index (χ1n) is 4.87. The van der Waals surface area contributed by atoms with Crippen molar-refractivity contribution in [3.05, 3.63) is 33.4 Å². The molecule has 0 bridgehead atoms. The zero-order chi connectivity index (χ0) is 16.2. The Morgan fingerprint density at radius 3 is 2.38 bits per heavy atom. The lowest BCUT2D eigenvalue weighted by atomic mass is 10.1. The molecule has 0 atom stereocenters. The highest BCUT2D eigenvalue weighted by Crippen LogP contribution is 2.31. The minimum Gasteiger partial charge on any atom is -0.478 e. The van der Waals surface area contributed by atoms with E-state index in [4.69, 9.17) is 15.6 Å². The highest BCUT2D eigenvalue weighted by Gasteiger charge is 2.28. The van der Waals surface area contributed by atoms with Crippen molar-refractivity contribution in [1.29, 1.82) is 10.5 Å². The van der Waals surface area contributed by atoms with Gasteiger partial charge in [-0.3, -0.25) is 15.5 Å². The van der Waals surface area contributed by atoms with Crippen LogP contribution < -0.4 is 5.43 Å². The highest BCUT2D eigenvalue weighted by atomic mass is 19.2. The van der Waals surface area contributed by atoms with Crippen LogP contribution in [0.2, 0.25) is 0 Å². The van der Waals surface area contributed by atoms with Crippen LogP contribution in [0.5, 0.6) is 0 Å². The van der Waals surface area contributed by atoms with Gasteiger partial charge in [-0.05, 0) is 0 Å². The molecule has 0 unspecified atom stereocenters. The summed E-state index contributed by atoms with van der Waals surface area (Å²) in [5.41, 5.74) is -2.60. The summed E-state index contributed by atoms with van der Waals surface area (Å²) < 4.78 is 27.1. The maximum absolute atomic E-state index is 13.7. The molecule has 0 fully saturated rings. The van der Waals surface area contributed by atoms with Crippen LogP contribution in [0.3, 0.4) is 0 Å². The lowest BCUT2D eigenvalue weighted by Gasteiger charge is -2.06. The Bertz CT molecular complexity index is 731. The van der Waals surface area contributed by atoms with Gasteiger partial charge in [-0.25, -0.2) is 13.6 Å². The Labute approximate surface area is 114 Å². The summed E-state index contributed by atoms with van der Waals surface area (Å²) in [7, 11) is 0. The maximum atomic E-state index is 13.7. The zero-order valence-electron chi connectivity index (χ0n) is 9.79. The molecule has 0 aliphatic heterocycles. The van der Waals surface area contributed by atoms with Crippen LogP contribution in [-0.2, 0) is 0 Å². The Hall–Kier alpha value is -3.60. The second-order valence-corrected chi connectivity index (χ2v) is 3.30. The number of carboxylic acids is 1. The van der Waals surface area contributed by atoms with Crippen LogP contribution in [0.1, 0.15) is 10.4 Å². The van der Waals surface area contributed by atoms with Gasteiger partial charge >= 0.3 is 5.97 Å². The molecule has 9 nitrogen and oxygen atoms in total. The van der Waals surface area contributed by atoms with Gasteiger partial charge in [-0.2, -0.15) is 15.6 Å². The van der Waals surface area contributed by atoms with E-state index >= 15 is 0 Å². The molecule has 0 aliphatic carbocycles. The van der Waals surface area contributed by atoms with Crippen molar-refractivity contribution in [2.45, 2.75) is 0 Å². The van der Waals surface area contributed by atoms with Crippen molar-refractivity contribution < 1.29 is 23.6 Å². The Balaban J connectivity index is 3.52. The number of benzene rings is 1. The summed E-state index contributed by atoms with van der Waals surface area (Å²) in [4.78, 5) is 20.2. The number of nitro groups is 1. The molecule has 21 heavy (non-hydrogen) atoms. The van der Waals surface area contributed by atoms with Crippen LogP contribution in [-0.4, -0.2) is 21.7 Å². The third-order valence-corrected chi connectivity index (χ3v) is 2.10. The standard InChI is InChI=1S/C10H3F2N5O4/c11-7-5(10(18)19)1-6(17(20)21)9(8(7)12)16-15-4(2-13)3-14/h1,16H,(H,18,19). The molecule has 1 aromatic carbocycles. The first kappa shape index (κ1) is 15.5. The third-order valence-electron chi connectivity index (χ3n) is 2.10. The van der Waals surface area contributed by atoms with Crippen LogP contribution >= 0.6 is 0 Å². The fourth-order valence-electron chi connectivity index (χ4n) is 1.21. The van der Waals surface area contributed by atoms with E-state index in [-0.39, 0.29) is 6.07 Å². The smallest absolute Gasteiger partial charge is 0.339 e. The summed E-state index contributed by atoms with van der Waals surface area (Å²) in [5, 5.41) is 39.2. The Morgan fingerprint density at radius 1 is 1.38 bits per heavy atom. The van der Waals surface area contributed by atoms with Crippen molar-refractivity contribution in [1.82, 2.24) is 0 Å². The predicted octanol–water partition coefficient (Wildman–Crippen LogP) is 1.39. The van der Waals surface area contributed by atoms with Crippen molar-refractivity contribution in [2.75, 3.05) is 5.43 Å². The topological polar surface area (TPSA) is 152 Å². The largest absolute Gasteiger partial charge is 0.478 e. The highest BCUT2D eigenvalue weighted by molar-refractivity contribution is 6.10. The number of rotatable bonds is 4. The van der Waals surface area contributed by atoms with Gasteiger partial charge < -0.3 is 5.11 Å². The van der Waals surface area contributed by atoms with Gasteiger partial charge in [0.05, 0.1) is 4.92 Å². The number of carboxylic acid groups (broad SMARTS) is 1. The molecule has 0 aliphatic rings. The van der Waals surface area contributed by atoms with Gasteiger partial charge in [0.25, 0.3) is 5.69 Å². The number of nitrogens with one attached hydrogen (secondary N) is 1. The molecule has 0 spiro atoms. The monoisotopic (exact) mass is 295 g/mol. The van der Waals surface area contributed by atoms with Gasteiger partial charge in [0.15, 0.2) is 17.3 Å². The molecule has 11 heteroatoms. The minimum atomic E-state index is -1.90.